The second kappa shape index (κ2) is 9.15. The molecular formula is C14H30N8O6. The second-order valence-electron chi connectivity index (χ2n) is 6.97. The Balaban J connectivity index is 2.11. The minimum Gasteiger partial charge on any atom is -0.388 e. The molecule has 0 radical (unpaired) electrons. The summed E-state index contributed by atoms with van der Waals surface area (Å²) in [6.45, 7) is -0.151. The Hall–Kier alpha value is -1.78. The fourth-order valence-electron chi connectivity index (χ4n) is 3.31. The smallest absolute Gasteiger partial charge is 0.186 e. The normalized spacial score (nSPS) is 43.9. The largest absolute Gasteiger partial charge is 0.388 e. The molecule has 0 bridgehead atoms. The zero-order valence-electron chi connectivity index (χ0n) is 15.2. The standard InChI is InChI=1S/C14H30N8O6/c15-3-1-4(22-14(19)20)7(23)10(26)11(3)28-12-6(16)9(25)8(24)5(27-12)2-21-13(17)18/h3-12,23-26H,1-2,15-16H2,(H4,17,18,21)(H4,19,20,22)/t3-,4+,5-,6-,7-,8-,9-,10+,11+,12-/m1/s1. The highest BCUT2D eigenvalue weighted by molar-refractivity contribution is 5.76. The number of hydrogen-bond acceptors (Lipinski definition) is 10. The van der Waals surface area contributed by atoms with Crippen molar-refractivity contribution in [3.05, 3.63) is 0 Å². The van der Waals surface area contributed by atoms with Gasteiger partial charge in [-0.1, -0.05) is 0 Å². The van der Waals surface area contributed by atoms with Crippen LogP contribution in [0, 0.1) is 0 Å². The first-order chi connectivity index (χ1) is 13.0. The molecule has 2 aliphatic rings. The first-order valence-corrected chi connectivity index (χ1v) is 8.71. The lowest BCUT2D eigenvalue weighted by Gasteiger charge is -2.45. The van der Waals surface area contributed by atoms with Crippen LogP contribution < -0.4 is 34.4 Å². The van der Waals surface area contributed by atoms with E-state index in [9.17, 15) is 20.4 Å². The molecule has 1 heterocycles. The number of ether oxygens (including phenoxy) is 2. The molecule has 10 atom stereocenters. The van der Waals surface area contributed by atoms with Crippen LogP contribution in [0.2, 0.25) is 0 Å². The molecule has 0 aromatic heterocycles. The van der Waals surface area contributed by atoms with E-state index < -0.39 is 61.0 Å². The Morgan fingerprint density at radius 2 is 1.57 bits per heavy atom. The summed E-state index contributed by atoms with van der Waals surface area (Å²) in [5.41, 5.74) is 33.1. The van der Waals surface area contributed by atoms with E-state index in [1.807, 2.05) is 0 Å². The van der Waals surface area contributed by atoms with Crippen molar-refractivity contribution in [1.29, 1.82) is 0 Å². The number of rotatable bonds is 5. The highest BCUT2D eigenvalue weighted by Gasteiger charge is 2.48. The van der Waals surface area contributed by atoms with Gasteiger partial charge >= 0.3 is 0 Å². The van der Waals surface area contributed by atoms with E-state index in [4.69, 9.17) is 43.9 Å². The van der Waals surface area contributed by atoms with Gasteiger partial charge in [0.1, 0.15) is 36.6 Å². The first kappa shape index (κ1) is 22.5. The lowest BCUT2D eigenvalue weighted by atomic mass is 9.84. The summed E-state index contributed by atoms with van der Waals surface area (Å²) in [4.78, 5) is 7.59. The molecule has 28 heavy (non-hydrogen) atoms. The van der Waals surface area contributed by atoms with Gasteiger partial charge in [-0.05, 0) is 6.42 Å². The van der Waals surface area contributed by atoms with Crippen molar-refractivity contribution in [2.45, 2.75) is 67.5 Å². The lowest BCUT2D eigenvalue weighted by Crippen LogP contribution is -2.66. The number of nitrogens with two attached hydrogens (primary N) is 6. The molecule has 1 aliphatic heterocycles. The van der Waals surface area contributed by atoms with Crippen LogP contribution in [0.4, 0.5) is 0 Å². The van der Waals surface area contributed by atoms with Crippen LogP contribution in [-0.4, -0.2) is 99.9 Å². The van der Waals surface area contributed by atoms with Crippen molar-refractivity contribution in [3.63, 3.8) is 0 Å². The Bertz CT molecular complexity index is 586. The SMILES string of the molecule is NC(N)=NC[C@H]1O[C@H](O[C@@H]2[C@@H](O)[C@H](O)[C@@H](N=C(N)N)C[C@H]2N)[C@H](N)[C@@H](O)[C@@H]1O. The topological polar surface area (TPSA) is 280 Å². The minimum atomic E-state index is -1.45. The number of hydrogen-bond donors (Lipinski definition) is 10. The molecule has 14 nitrogen and oxygen atoms in total. The van der Waals surface area contributed by atoms with Gasteiger partial charge in [-0.2, -0.15) is 0 Å². The summed E-state index contributed by atoms with van der Waals surface area (Å²) in [7, 11) is 0. The number of aliphatic hydroxyl groups is 4. The first-order valence-electron chi connectivity index (χ1n) is 8.71. The van der Waals surface area contributed by atoms with E-state index in [-0.39, 0.29) is 24.9 Å². The van der Waals surface area contributed by atoms with Gasteiger partial charge < -0.3 is 64.3 Å². The molecule has 0 spiro atoms. The fourth-order valence-corrected chi connectivity index (χ4v) is 3.31. The van der Waals surface area contributed by atoms with E-state index in [2.05, 4.69) is 9.98 Å². The van der Waals surface area contributed by atoms with Crippen LogP contribution in [0.5, 0.6) is 0 Å². The molecule has 162 valence electrons. The van der Waals surface area contributed by atoms with Gasteiger partial charge in [0.05, 0.1) is 18.6 Å². The van der Waals surface area contributed by atoms with Gasteiger partial charge in [0.15, 0.2) is 18.2 Å². The van der Waals surface area contributed by atoms with Crippen LogP contribution >= 0.6 is 0 Å². The third-order valence-corrected chi connectivity index (χ3v) is 4.82. The summed E-state index contributed by atoms with van der Waals surface area (Å²) in [5.74, 6) is -0.476. The highest BCUT2D eigenvalue weighted by atomic mass is 16.7. The summed E-state index contributed by atoms with van der Waals surface area (Å²) in [6, 6.07) is -2.74. The van der Waals surface area contributed by atoms with Crippen LogP contribution in [0.15, 0.2) is 9.98 Å². The van der Waals surface area contributed by atoms with E-state index in [1.54, 1.807) is 0 Å². The predicted molar refractivity (Wildman–Crippen MR) is 98.4 cm³/mol. The Labute approximate surface area is 161 Å². The molecule has 0 aromatic carbocycles. The number of aliphatic hydroxyl groups excluding tert-OH is 4. The van der Waals surface area contributed by atoms with Crippen molar-refractivity contribution in [2.24, 2.45) is 44.4 Å². The maximum atomic E-state index is 10.4. The summed E-state index contributed by atoms with van der Waals surface area (Å²) in [6.07, 6.45) is -8.82. The highest BCUT2D eigenvalue weighted by Crippen LogP contribution is 2.28. The predicted octanol–water partition coefficient (Wildman–Crippen LogP) is -6.49. The van der Waals surface area contributed by atoms with Crippen molar-refractivity contribution in [2.75, 3.05) is 6.54 Å². The molecule has 0 unspecified atom stereocenters. The van der Waals surface area contributed by atoms with E-state index in [0.717, 1.165) is 0 Å². The molecule has 1 saturated carbocycles. The molecule has 2 fully saturated rings. The Kier molecular flexibility index (Phi) is 7.35. The fraction of sp³-hybridized carbons (Fsp3) is 0.857. The molecule has 14 heteroatoms. The average Bonchev–Trinajstić information content (AvgIpc) is 2.61. The van der Waals surface area contributed by atoms with Gasteiger partial charge in [-0.15, -0.1) is 0 Å². The molecule has 2 rings (SSSR count). The average molecular weight is 406 g/mol. The Morgan fingerprint density at radius 1 is 0.929 bits per heavy atom. The van der Waals surface area contributed by atoms with Gasteiger partial charge in [0, 0.05) is 6.04 Å². The minimum absolute atomic E-state index is 0.116. The third-order valence-electron chi connectivity index (χ3n) is 4.82. The number of aliphatic imine (C=N–C) groups is 2. The quantitative estimate of drug-likeness (QED) is 0.151. The molecule has 16 N–H and O–H groups in total. The van der Waals surface area contributed by atoms with Crippen molar-refractivity contribution in [1.82, 2.24) is 0 Å². The van der Waals surface area contributed by atoms with Crippen LogP contribution in [0.1, 0.15) is 6.42 Å². The molecule has 0 aromatic rings. The zero-order chi connectivity index (χ0) is 21.2. The monoisotopic (exact) mass is 406 g/mol. The van der Waals surface area contributed by atoms with Crippen LogP contribution in [-0.2, 0) is 9.47 Å². The molecule has 1 aliphatic carbocycles. The molecule has 1 saturated heterocycles. The maximum Gasteiger partial charge on any atom is 0.186 e. The Morgan fingerprint density at radius 3 is 2.14 bits per heavy atom. The van der Waals surface area contributed by atoms with E-state index in [0.29, 0.717) is 0 Å². The van der Waals surface area contributed by atoms with Crippen LogP contribution in [0.3, 0.4) is 0 Å². The summed E-state index contributed by atoms with van der Waals surface area (Å²) in [5, 5.41) is 40.9. The summed E-state index contributed by atoms with van der Waals surface area (Å²) < 4.78 is 11.2. The van der Waals surface area contributed by atoms with Crippen LogP contribution in [0.25, 0.3) is 0 Å². The summed E-state index contributed by atoms with van der Waals surface area (Å²) >= 11 is 0. The van der Waals surface area contributed by atoms with Crippen molar-refractivity contribution < 1.29 is 29.9 Å². The van der Waals surface area contributed by atoms with E-state index in [1.165, 1.54) is 0 Å². The van der Waals surface area contributed by atoms with Gasteiger partial charge in [0.25, 0.3) is 0 Å². The second-order valence-corrected chi connectivity index (χ2v) is 6.97. The van der Waals surface area contributed by atoms with Gasteiger partial charge in [-0.3, -0.25) is 4.99 Å². The van der Waals surface area contributed by atoms with Crippen molar-refractivity contribution in [3.8, 4) is 0 Å². The van der Waals surface area contributed by atoms with Crippen molar-refractivity contribution >= 4 is 11.9 Å². The molecule has 0 amide bonds. The lowest BCUT2D eigenvalue weighted by molar-refractivity contribution is -0.287. The van der Waals surface area contributed by atoms with Gasteiger partial charge in [-0.25, -0.2) is 4.99 Å². The maximum absolute atomic E-state index is 10.4. The zero-order valence-corrected chi connectivity index (χ0v) is 15.2. The van der Waals surface area contributed by atoms with Gasteiger partial charge in [0.2, 0.25) is 0 Å². The molecular weight excluding hydrogens is 376 g/mol. The third kappa shape index (κ3) is 4.98. The number of guanidine groups is 2. The number of nitrogens with zero attached hydrogens (tertiary/aromatic N) is 2. The van der Waals surface area contributed by atoms with E-state index >= 15 is 0 Å².